The van der Waals surface area contributed by atoms with E-state index in [1.54, 1.807) is 0 Å². The van der Waals surface area contributed by atoms with Crippen molar-refractivity contribution in [2.24, 2.45) is 0 Å². The Balaban J connectivity index is 1.72. The summed E-state index contributed by atoms with van der Waals surface area (Å²) in [5, 5.41) is 1.90. The predicted octanol–water partition coefficient (Wildman–Crippen LogP) is 4.88. The van der Waals surface area contributed by atoms with Crippen LogP contribution in [0.25, 0.3) is 33.0 Å². The minimum absolute atomic E-state index is 0.125. The molecule has 0 unspecified atom stereocenters. The first-order valence-corrected chi connectivity index (χ1v) is 9.22. The molecule has 0 bridgehead atoms. The number of aromatic amines is 2. The number of rotatable bonds is 2. The second-order valence-corrected chi connectivity index (χ2v) is 7.19. The first-order valence-electron chi connectivity index (χ1n) is 9.22. The number of carbonyl (C=O) groups excluding carboxylic acids is 2. The average Bonchev–Trinajstić information content (AvgIpc) is 3.18. The molecule has 28 heavy (non-hydrogen) atoms. The SMILES string of the molecule is Cc1[nH]c2ccccc2c1C1=CC(=O)C=C(c2c(C)[nH]c3ccccc23)C1=O. The highest BCUT2D eigenvalue weighted by atomic mass is 16.1. The number of para-hydroxylation sites is 2. The summed E-state index contributed by atoms with van der Waals surface area (Å²) in [6.07, 6.45) is 2.91. The number of nitrogens with one attached hydrogen (secondary N) is 2. The van der Waals surface area contributed by atoms with Gasteiger partial charge in [-0.25, -0.2) is 0 Å². The van der Waals surface area contributed by atoms with E-state index >= 15 is 0 Å². The van der Waals surface area contributed by atoms with Crippen molar-refractivity contribution in [1.82, 2.24) is 9.97 Å². The average molecular weight is 366 g/mol. The van der Waals surface area contributed by atoms with Crippen LogP contribution in [0.4, 0.5) is 0 Å². The molecule has 1 aliphatic carbocycles. The molecule has 0 fully saturated rings. The van der Waals surface area contributed by atoms with Gasteiger partial charge in [0.25, 0.3) is 0 Å². The Labute approximate surface area is 161 Å². The molecule has 2 heterocycles. The Morgan fingerprint density at radius 2 is 1.07 bits per heavy atom. The van der Waals surface area contributed by atoms with Gasteiger partial charge in [-0.1, -0.05) is 36.4 Å². The van der Waals surface area contributed by atoms with E-state index in [1.807, 2.05) is 62.4 Å². The molecule has 4 nitrogen and oxygen atoms in total. The van der Waals surface area contributed by atoms with Gasteiger partial charge in [0, 0.05) is 55.5 Å². The zero-order chi connectivity index (χ0) is 19.4. The van der Waals surface area contributed by atoms with Gasteiger partial charge >= 0.3 is 0 Å². The summed E-state index contributed by atoms with van der Waals surface area (Å²) in [7, 11) is 0. The number of aryl methyl sites for hydroxylation is 2. The van der Waals surface area contributed by atoms with Crippen molar-refractivity contribution < 1.29 is 9.59 Å². The van der Waals surface area contributed by atoms with Crippen LogP contribution in [0.2, 0.25) is 0 Å². The summed E-state index contributed by atoms with van der Waals surface area (Å²) in [5.74, 6) is -0.292. The number of benzene rings is 2. The molecule has 2 aromatic carbocycles. The molecule has 0 spiro atoms. The Morgan fingerprint density at radius 3 is 1.54 bits per heavy atom. The summed E-state index contributed by atoms with van der Waals surface area (Å²) in [5.41, 5.74) is 6.17. The van der Waals surface area contributed by atoms with E-state index in [2.05, 4.69) is 9.97 Å². The van der Waals surface area contributed by atoms with E-state index in [0.717, 1.165) is 44.3 Å². The number of carbonyl (C=O) groups is 2. The number of Topliss-reactive ketones (excluding diaryl/α,β-unsaturated/α-hetero) is 1. The Kier molecular flexibility index (Phi) is 3.49. The number of hydrogen-bond acceptors (Lipinski definition) is 2. The quantitative estimate of drug-likeness (QED) is 0.496. The lowest BCUT2D eigenvalue weighted by molar-refractivity contribution is -0.112. The molecule has 1 aliphatic rings. The molecule has 0 amide bonds. The molecule has 2 N–H and O–H groups in total. The van der Waals surface area contributed by atoms with Crippen molar-refractivity contribution in [3.63, 3.8) is 0 Å². The van der Waals surface area contributed by atoms with Crippen molar-refractivity contribution in [2.45, 2.75) is 13.8 Å². The minimum atomic E-state index is -0.168. The van der Waals surface area contributed by atoms with Gasteiger partial charge in [-0.3, -0.25) is 9.59 Å². The van der Waals surface area contributed by atoms with Gasteiger partial charge in [-0.05, 0) is 38.1 Å². The van der Waals surface area contributed by atoms with E-state index in [9.17, 15) is 9.59 Å². The maximum absolute atomic E-state index is 13.5. The normalized spacial score (nSPS) is 14.6. The van der Waals surface area contributed by atoms with Crippen molar-refractivity contribution in [3.05, 3.63) is 83.2 Å². The Morgan fingerprint density at radius 1 is 0.643 bits per heavy atom. The van der Waals surface area contributed by atoms with Crippen LogP contribution in [0.3, 0.4) is 0 Å². The fraction of sp³-hybridized carbons (Fsp3) is 0.0833. The van der Waals surface area contributed by atoms with E-state index in [1.165, 1.54) is 12.2 Å². The second kappa shape index (κ2) is 5.92. The molecule has 0 saturated carbocycles. The molecule has 4 aromatic rings. The van der Waals surface area contributed by atoms with Crippen LogP contribution in [-0.2, 0) is 9.59 Å². The smallest absolute Gasteiger partial charge is 0.194 e. The number of allylic oxidation sites excluding steroid dienone is 4. The van der Waals surface area contributed by atoms with E-state index < -0.39 is 0 Å². The molecule has 0 aliphatic heterocycles. The third-order valence-corrected chi connectivity index (χ3v) is 5.39. The van der Waals surface area contributed by atoms with Crippen LogP contribution in [0, 0.1) is 13.8 Å². The lowest BCUT2D eigenvalue weighted by Gasteiger charge is -2.15. The monoisotopic (exact) mass is 366 g/mol. The number of aromatic nitrogens is 2. The van der Waals surface area contributed by atoms with Crippen molar-refractivity contribution in [3.8, 4) is 0 Å². The number of fused-ring (bicyclic) bond motifs is 2. The van der Waals surface area contributed by atoms with Crippen LogP contribution >= 0.6 is 0 Å². The molecule has 2 aromatic heterocycles. The van der Waals surface area contributed by atoms with Gasteiger partial charge in [0.2, 0.25) is 0 Å². The minimum Gasteiger partial charge on any atom is -0.358 e. The van der Waals surface area contributed by atoms with Gasteiger partial charge in [0.05, 0.1) is 0 Å². The van der Waals surface area contributed by atoms with Crippen molar-refractivity contribution in [2.75, 3.05) is 0 Å². The van der Waals surface area contributed by atoms with E-state index in [4.69, 9.17) is 0 Å². The maximum Gasteiger partial charge on any atom is 0.194 e. The first kappa shape index (κ1) is 16.5. The maximum atomic E-state index is 13.5. The third kappa shape index (κ3) is 2.31. The number of ketones is 2. The predicted molar refractivity (Wildman–Crippen MR) is 112 cm³/mol. The van der Waals surface area contributed by atoms with Gasteiger partial charge in [0.15, 0.2) is 11.6 Å². The van der Waals surface area contributed by atoms with Gasteiger partial charge in [-0.2, -0.15) is 0 Å². The molecule has 0 atom stereocenters. The third-order valence-electron chi connectivity index (χ3n) is 5.39. The number of hydrogen-bond donors (Lipinski definition) is 2. The van der Waals surface area contributed by atoms with Crippen LogP contribution in [-0.4, -0.2) is 21.5 Å². The summed E-state index contributed by atoms with van der Waals surface area (Å²) < 4.78 is 0. The zero-order valence-corrected chi connectivity index (χ0v) is 15.6. The highest BCUT2D eigenvalue weighted by molar-refractivity contribution is 6.50. The summed E-state index contributed by atoms with van der Waals surface area (Å²) in [6, 6.07) is 15.7. The first-order chi connectivity index (χ1) is 13.5. The molecule has 0 radical (unpaired) electrons. The highest BCUT2D eigenvalue weighted by Gasteiger charge is 2.29. The molecule has 136 valence electrons. The second-order valence-electron chi connectivity index (χ2n) is 7.19. The van der Waals surface area contributed by atoms with Gasteiger partial charge in [-0.15, -0.1) is 0 Å². The molecule has 0 saturated heterocycles. The summed E-state index contributed by atoms with van der Waals surface area (Å²) in [4.78, 5) is 32.8. The van der Waals surface area contributed by atoms with Crippen molar-refractivity contribution >= 4 is 44.5 Å². The van der Waals surface area contributed by atoms with Crippen molar-refractivity contribution in [1.29, 1.82) is 0 Å². The summed E-state index contributed by atoms with van der Waals surface area (Å²) in [6.45, 7) is 3.87. The highest BCUT2D eigenvalue weighted by Crippen LogP contribution is 2.37. The molecule has 5 rings (SSSR count). The lowest BCUT2D eigenvalue weighted by atomic mass is 9.85. The molecule has 4 heteroatoms. The van der Waals surface area contributed by atoms with Crippen LogP contribution < -0.4 is 0 Å². The lowest BCUT2D eigenvalue weighted by Crippen LogP contribution is -2.13. The van der Waals surface area contributed by atoms with Gasteiger partial charge in [0.1, 0.15) is 0 Å². The Hall–Kier alpha value is -3.66. The fourth-order valence-corrected chi connectivity index (χ4v) is 4.22. The Bertz CT molecular complexity index is 1260. The van der Waals surface area contributed by atoms with E-state index in [0.29, 0.717) is 11.1 Å². The topological polar surface area (TPSA) is 65.7 Å². The molecular weight excluding hydrogens is 348 g/mol. The largest absolute Gasteiger partial charge is 0.358 e. The number of H-pyrrole nitrogens is 2. The van der Waals surface area contributed by atoms with Crippen LogP contribution in [0.5, 0.6) is 0 Å². The van der Waals surface area contributed by atoms with Gasteiger partial charge < -0.3 is 9.97 Å². The van der Waals surface area contributed by atoms with Crippen LogP contribution in [0.1, 0.15) is 22.5 Å². The van der Waals surface area contributed by atoms with E-state index in [-0.39, 0.29) is 11.6 Å². The summed E-state index contributed by atoms with van der Waals surface area (Å²) >= 11 is 0. The molecular formula is C24H18N2O2. The van der Waals surface area contributed by atoms with Crippen LogP contribution in [0.15, 0.2) is 60.7 Å². The fourth-order valence-electron chi connectivity index (χ4n) is 4.22. The zero-order valence-electron chi connectivity index (χ0n) is 15.6. The standard InChI is InChI=1S/C24H18N2O2/c1-13-22(16-7-3-5-9-20(16)25-13)18-11-15(27)12-19(24(18)28)23-14(2)26-21-10-6-4-8-17(21)23/h3-12,25-26H,1-2H3.